The zero-order valence-corrected chi connectivity index (χ0v) is 21.8. The molecule has 2 heterocycles. The molecule has 202 valence electrons. The Labute approximate surface area is 224 Å². The Hall–Kier alpha value is -3.42. The van der Waals surface area contributed by atoms with Crippen molar-refractivity contribution in [2.45, 2.75) is 64.1 Å². The monoisotopic (exact) mass is 532 g/mol. The molecule has 4 fully saturated rings. The Morgan fingerprint density at radius 2 is 1.72 bits per heavy atom. The van der Waals surface area contributed by atoms with Gasteiger partial charge in [-0.05, 0) is 85.0 Å². The van der Waals surface area contributed by atoms with Gasteiger partial charge >= 0.3 is 6.18 Å². The molecule has 0 saturated heterocycles. The predicted octanol–water partition coefficient (Wildman–Crippen LogP) is 7.29. The summed E-state index contributed by atoms with van der Waals surface area (Å²) in [4.78, 5) is 18.3. The van der Waals surface area contributed by atoms with E-state index in [1.165, 1.54) is 25.5 Å². The summed E-state index contributed by atoms with van der Waals surface area (Å²) in [6.45, 7) is 2.10. The summed E-state index contributed by atoms with van der Waals surface area (Å²) in [6.07, 6.45) is 4.66. The number of nitrogens with one attached hydrogen (secondary N) is 1. The van der Waals surface area contributed by atoms with Gasteiger partial charge in [0.05, 0.1) is 11.9 Å². The van der Waals surface area contributed by atoms with Gasteiger partial charge in [-0.3, -0.25) is 4.79 Å². The Balaban J connectivity index is 1.30. The first-order valence-corrected chi connectivity index (χ1v) is 14.0. The first-order valence-electron chi connectivity index (χ1n) is 14.0. The minimum absolute atomic E-state index is 0.0170. The molecule has 2 aromatic carbocycles. The Kier molecular flexibility index (Phi) is 5.55. The van der Waals surface area contributed by atoms with Crippen LogP contribution in [0.25, 0.3) is 27.7 Å². The van der Waals surface area contributed by atoms with E-state index in [1.54, 1.807) is 12.1 Å². The van der Waals surface area contributed by atoms with Crippen molar-refractivity contribution in [2.24, 2.45) is 23.2 Å². The minimum Gasteiger partial charge on any atom is -0.349 e. The molecule has 8 rings (SSSR count). The van der Waals surface area contributed by atoms with E-state index in [9.17, 15) is 18.0 Å². The van der Waals surface area contributed by atoms with Crippen LogP contribution < -0.4 is 5.32 Å². The molecule has 1 atom stereocenters. The average molecular weight is 533 g/mol. The number of hydrogen-bond donors (Lipinski definition) is 1. The van der Waals surface area contributed by atoms with Crippen LogP contribution in [-0.2, 0) is 6.18 Å². The summed E-state index contributed by atoms with van der Waals surface area (Å²) in [5, 5.41) is 8.95. The third-order valence-electron chi connectivity index (χ3n) is 9.61. The summed E-state index contributed by atoms with van der Waals surface area (Å²) in [7, 11) is 0. The van der Waals surface area contributed by atoms with Crippen LogP contribution in [-0.4, -0.2) is 26.5 Å². The van der Waals surface area contributed by atoms with E-state index >= 15 is 0 Å². The second-order valence-electron chi connectivity index (χ2n) is 12.1. The van der Waals surface area contributed by atoms with E-state index < -0.39 is 17.8 Å². The number of rotatable bonds is 5. The fourth-order valence-electron chi connectivity index (χ4n) is 8.44. The van der Waals surface area contributed by atoms with Crippen LogP contribution in [0.2, 0.25) is 0 Å². The quantitative estimate of drug-likeness (QED) is 0.294. The molecule has 5 nitrogen and oxygen atoms in total. The molecule has 1 N–H and O–H groups in total. The standard InChI is InChI=1S/C31H31F3N4O/c1-2-26(30-14-18-10-19(15-30)12-20(11-18)16-30)37-29(39)24-17-35-38-27(31(32,33)34)13-25(36-28(24)38)23-9-5-7-21-6-3-4-8-22(21)23/h3-9,13,17-20,26H,2,10-12,14-16H2,1H3,(H,37,39). The van der Waals surface area contributed by atoms with E-state index in [2.05, 4.69) is 22.3 Å². The second kappa shape index (κ2) is 8.80. The van der Waals surface area contributed by atoms with Crippen LogP contribution >= 0.6 is 0 Å². The zero-order chi connectivity index (χ0) is 26.9. The van der Waals surface area contributed by atoms with Crippen molar-refractivity contribution in [3.8, 4) is 11.3 Å². The average Bonchev–Trinajstić information content (AvgIpc) is 3.33. The topological polar surface area (TPSA) is 59.3 Å². The number of aromatic nitrogens is 3. The summed E-state index contributed by atoms with van der Waals surface area (Å²) in [5.74, 6) is 1.80. The summed E-state index contributed by atoms with van der Waals surface area (Å²) >= 11 is 0. The number of benzene rings is 2. The molecule has 4 bridgehead atoms. The maximum Gasteiger partial charge on any atom is 0.433 e. The molecular weight excluding hydrogens is 501 g/mol. The molecule has 8 heteroatoms. The molecule has 0 spiro atoms. The maximum atomic E-state index is 14.2. The molecule has 0 radical (unpaired) electrons. The number of amides is 1. The lowest BCUT2D eigenvalue weighted by Crippen LogP contribution is -2.56. The second-order valence-corrected chi connectivity index (χ2v) is 12.1. The summed E-state index contributed by atoms with van der Waals surface area (Å²) in [5.41, 5.74) is -0.136. The number of carbonyl (C=O) groups is 1. The molecule has 2 aromatic heterocycles. The molecule has 4 aromatic rings. The van der Waals surface area contributed by atoms with Crippen molar-refractivity contribution in [1.82, 2.24) is 19.9 Å². The minimum atomic E-state index is -4.68. The lowest BCUT2D eigenvalue weighted by atomic mass is 9.47. The van der Waals surface area contributed by atoms with Crippen LogP contribution in [0.4, 0.5) is 13.2 Å². The number of nitrogens with zero attached hydrogens (tertiary/aromatic N) is 3. The largest absolute Gasteiger partial charge is 0.433 e. The molecule has 1 amide bonds. The van der Waals surface area contributed by atoms with Crippen LogP contribution in [0.1, 0.15) is 67.9 Å². The van der Waals surface area contributed by atoms with Crippen molar-refractivity contribution in [2.75, 3.05) is 0 Å². The van der Waals surface area contributed by atoms with Crippen molar-refractivity contribution in [3.05, 3.63) is 66.0 Å². The van der Waals surface area contributed by atoms with E-state index in [-0.39, 0.29) is 28.4 Å². The maximum absolute atomic E-state index is 14.2. The normalized spacial score (nSPS) is 26.8. The summed E-state index contributed by atoms with van der Waals surface area (Å²) < 4.78 is 43.5. The third-order valence-corrected chi connectivity index (χ3v) is 9.61. The fraction of sp³-hybridized carbons (Fsp3) is 0.452. The molecule has 4 aliphatic carbocycles. The molecular formula is C31H31F3N4O. The third kappa shape index (κ3) is 4.02. The smallest absolute Gasteiger partial charge is 0.349 e. The Morgan fingerprint density at radius 1 is 1.05 bits per heavy atom. The number of alkyl halides is 3. The highest BCUT2D eigenvalue weighted by molar-refractivity contribution is 6.01. The van der Waals surface area contributed by atoms with Crippen molar-refractivity contribution < 1.29 is 18.0 Å². The first-order chi connectivity index (χ1) is 18.7. The van der Waals surface area contributed by atoms with E-state index in [0.717, 1.165) is 64.8 Å². The van der Waals surface area contributed by atoms with Crippen LogP contribution in [0.3, 0.4) is 0 Å². The van der Waals surface area contributed by atoms with Gasteiger partial charge in [0.2, 0.25) is 0 Å². The van der Waals surface area contributed by atoms with Gasteiger partial charge in [-0.15, -0.1) is 0 Å². The van der Waals surface area contributed by atoms with Gasteiger partial charge in [-0.25, -0.2) is 9.50 Å². The lowest BCUT2D eigenvalue weighted by Gasteiger charge is -2.59. The first kappa shape index (κ1) is 24.6. The van der Waals surface area contributed by atoms with Gasteiger partial charge in [-0.2, -0.15) is 18.3 Å². The predicted molar refractivity (Wildman–Crippen MR) is 143 cm³/mol. The molecule has 4 saturated carbocycles. The van der Waals surface area contributed by atoms with Crippen molar-refractivity contribution in [1.29, 1.82) is 0 Å². The van der Waals surface area contributed by atoms with Gasteiger partial charge in [0.25, 0.3) is 5.91 Å². The fourth-order valence-corrected chi connectivity index (χ4v) is 8.44. The number of fused-ring (bicyclic) bond motifs is 2. The highest BCUT2D eigenvalue weighted by atomic mass is 19.4. The van der Waals surface area contributed by atoms with Gasteiger partial charge in [0.1, 0.15) is 5.56 Å². The van der Waals surface area contributed by atoms with Crippen LogP contribution in [0.15, 0.2) is 54.7 Å². The lowest BCUT2D eigenvalue weighted by molar-refractivity contribution is -0.142. The van der Waals surface area contributed by atoms with E-state index in [1.807, 2.05) is 30.3 Å². The Bertz CT molecular complexity index is 1550. The van der Waals surface area contributed by atoms with Gasteiger partial charge in [0, 0.05) is 11.6 Å². The number of hydrogen-bond acceptors (Lipinski definition) is 3. The number of halogens is 3. The van der Waals surface area contributed by atoms with Crippen LogP contribution in [0.5, 0.6) is 0 Å². The summed E-state index contributed by atoms with van der Waals surface area (Å²) in [6, 6.07) is 14.0. The van der Waals surface area contributed by atoms with Gasteiger partial charge in [0.15, 0.2) is 11.3 Å². The molecule has 1 unspecified atom stereocenters. The SMILES string of the molecule is CCC(NC(=O)c1cnn2c(C(F)(F)F)cc(-c3cccc4ccccc34)nc12)C12CC3CC(CC(C3)C1)C2. The molecule has 0 aliphatic heterocycles. The zero-order valence-electron chi connectivity index (χ0n) is 21.8. The highest BCUT2D eigenvalue weighted by Gasteiger charge is 2.54. The van der Waals surface area contributed by atoms with E-state index in [0.29, 0.717) is 5.56 Å². The van der Waals surface area contributed by atoms with Gasteiger partial charge in [-0.1, -0.05) is 49.4 Å². The van der Waals surface area contributed by atoms with Crippen molar-refractivity contribution >= 4 is 22.3 Å². The molecule has 39 heavy (non-hydrogen) atoms. The van der Waals surface area contributed by atoms with E-state index in [4.69, 9.17) is 0 Å². The highest BCUT2D eigenvalue weighted by Crippen LogP contribution is 2.61. The Morgan fingerprint density at radius 3 is 2.38 bits per heavy atom. The van der Waals surface area contributed by atoms with Gasteiger partial charge < -0.3 is 5.32 Å². The van der Waals surface area contributed by atoms with Crippen LogP contribution in [0, 0.1) is 23.2 Å². The van der Waals surface area contributed by atoms with Crippen molar-refractivity contribution in [3.63, 3.8) is 0 Å². The number of carbonyl (C=O) groups excluding carboxylic acids is 1. The molecule has 4 aliphatic rings.